The zero-order valence-corrected chi connectivity index (χ0v) is 14.5. The first-order valence-corrected chi connectivity index (χ1v) is 8.20. The van der Waals surface area contributed by atoms with Crippen molar-refractivity contribution < 1.29 is 24.3 Å². The number of hydrogen-bond acceptors (Lipinski definition) is 4. The number of carboxylic acid groups (broad SMARTS) is 1. The molecule has 2 unspecified atom stereocenters. The van der Waals surface area contributed by atoms with Crippen LogP contribution in [0.3, 0.4) is 0 Å². The zero-order valence-electron chi connectivity index (χ0n) is 14.5. The lowest BCUT2D eigenvalue weighted by Crippen LogP contribution is -2.52. The van der Waals surface area contributed by atoms with Crippen LogP contribution >= 0.6 is 0 Å². The minimum atomic E-state index is -0.942. The van der Waals surface area contributed by atoms with E-state index in [9.17, 15) is 19.2 Å². The Balaban J connectivity index is 2.16. The highest BCUT2D eigenvalue weighted by molar-refractivity contribution is 6.22. The number of carboxylic acids is 1. The fourth-order valence-electron chi connectivity index (χ4n) is 2.93. The number of nitrogens with zero attached hydrogens (tertiary/aromatic N) is 1. The van der Waals surface area contributed by atoms with Crippen molar-refractivity contribution in [1.29, 1.82) is 0 Å². The fourth-order valence-corrected chi connectivity index (χ4v) is 2.93. The van der Waals surface area contributed by atoms with Crippen molar-refractivity contribution >= 4 is 23.7 Å². The van der Waals surface area contributed by atoms with Gasteiger partial charge in [0.15, 0.2) is 0 Å². The van der Waals surface area contributed by atoms with Gasteiger partial charge in [-0.2, -0.15) is 0 Å². The maximum atomic E-state index is 12.6. The van der Waals surface area contributed by atoms with Gasteiger partial charge < -0.3 is 10.4 Å². The lowest BCUT2D eigenvalue weighted by atomic mass is 10.0. The average molecular weight is 346 g/mol. The molecule has 25 heavy (non-hydrogen) atoms. The summed E-state index contributed by atoms with van der Waals surface area (Å²) in [4.78, 5) is 49.5. The van der Waals surface area contributed by atoms with E-state index >= 15 is 0 Å². The highest BCUT2D eigenvalue weighted by Crippen LogP contribution is 2.27. The maximum Gasteiger partial charge on any atom is 0.303 e. The van der Waals surface area contributed by atoms with Gasteiger partial charge >= 0.3 is 5.97 Å². The largest absolute Gasteiger partial charge is 0.481 e. The van der Waals surface area contributed by atoms with Crippen molar-refractivity contribution in [2.75, 3.05) is 6.54 Å². The molecule has 0 radical (unpaired) electrons. The van der Waals surface area contributed by atoms with E-state index in [1.54, 1.807) is 45.0 Å². The van der Waals surface area contributed by atoms with Crippen molar-refractivity contribution in [3.05, 3.63) is 35.4 Å². The minimum absolute atomic E-state index is 0.0698. The van der Waals surface area contributed by atoms with Crippen LogP contribution in [0.5, 0.6) is 0 Å². The van der Waals surface area contributed by atoms with Gasteiger partial charge in [-0.3, -0.25) is 24.1 Å². The first kappa shape index (κ1) is 18.6. The van der Waals surface area contributed by atoms with E-state index in [0.717, 1.165) is 4.90 Å². The third-order valence-electron chi connectivity index (χ3n) is 4.15. The maximum absolute atomic E-state index is 12.6. The van der Waals surface area contributed by atoms with E-state index in [-0.39, 0.29) is 24.8 Å². The zero-order chi connectivity index (χ0) is 18.7. The molecule has 134 valence electrons. The van der Waals surface area contributed by atoms with Gasteiger partial charge in [-0.15, -0.1) is 0 Å². The predicted octanol–water partition coefficient (Wildman–Crippen LogP) is 1.53. The second-order valence-corrected chi connectivity index (χ2v) is 6.66. The molecule has 1 aliphatic heterocycles. The molecule has 1 aromatic carbocycles. The molecule has 1 aliphatic rings. The number of benzene rings is 1. The Kier molecular flexibility index (Phi) is 5.56. The minimum Gasteiger partial charge on any atom is -0.481 e. The van der Waals surface area contributed by atoms with Gasteiger partial charge in [0.2, 0.25) is 5.91 Å². The molecular formula is C18H22N2O5. The molecule has 0 aromatic heterocycles. The summed E-state index contributed by atoms with van der Waals surface area (Å²) in [5.41, 5.74) is 0.593. The average Bonchev–Trinajstić information content (AvgIpc) is 2.78. The Labute approximate surface area is 146 Å². The molecule has 2 rings (SSSR count). The number of aliphatic carboxylic acids is 1. The molecule has 3 amide bonds. The van der Waals surface area contributed by atoms with Crippen LogP contribution in [0.1, 0.15) is 47.9 Å². The molecule has 7 heteroatoms. The van der Waals surface area contributed by atoms with Gasteiger partial charge in [0.1, 0.15) is 6.04 Å². The Bertz CT molecular complexity index is 678. The van der Waals surface area contributed by atoms with Gasteiger partial charge in [0.25, 0.3) is 11.8 Å². The molecule has 2 atom stereocenters. The third-order valence-corrected chi connectivity index (χ3v) is 4.15. The number of amides is 3. The molecule has 0 bridgehead atoms. The lowest BCUT2D eigenvalue weighted by Gasteiger charge is -2.28. The summed E-state index contributed by atoms with van der Waals surface area (Å²) >= 11 is 0. The second-order valence-electron chi connectivity index (χ2n) is 6.66. The molecular weight excluding hydrogens is 324 g/mol. The van der Waals surface area contributed by atoms with Crippen LogP contribution in [0, 0.1) is 11.8 Å². The first-order chi connectivity index (χ1) is 11.7. The van der Waals surface area contributed by atoms with Crippen molar-refractivity contribution in [2.45, 2.75) is 33.2 Å². The van der Waals surface area contributed by atoms with Crippen LogP contribution in [0.25, 0.3) is 0 Å². The fraction of sp³-hybridized carbons (Fsp3) is 0.444. The quantitative estimate of drug-likeness (QED) is 0.729. The Hall–Kier alpha value is -2.70. The normalized spacial score (nSPS) is 15.9. The number of nitrogens with one attached hydrogen (secondary N) is 1. The van der Waals surface area contributed by atoms with Crippen LogP contribution < -0.4 is 5.32 Å². The summed E-state index contributed by atoms with van der Waals surface area (Å²) in [7, 11) is 0. The van der Waals surface area contributed by atoms with Crippen molar-refractivity contribution in [2.24, 2.45) is 11.8 Å². The topological polar surface area (TPSA) is 104 Å². The van der Waals surface area contributed by atoms with Crippen molar-refractivity contribution in [3.63, 3.8) is 0 Å². The molecule has 0 aliphatic carbocycles. The lowest BCUT2D eigenvalue weighted by molar-refractivity contribution is -0.138. The Morgan fingerprint density at radius 1 is 1.08 bits per heavy atom. The summed E-state index contributed by atoms with van der Waals surface area (Å²) < 4.78 is 0. The third kappa shape index (κ3) is 3.87. The number of carbonyl (C=O) groups is 4. The molecule has 0 fully saturated rings. The van der Waals surface area contributed by atoms with E-state index in [2.05, 4.69) is 5.32 Å². The van der Waals surface area contributed by atoms with Crippen LogP contribution in [0.2, 0.25) is 0 Å². The summed E-state index contributed by atoms with van der Waals surface area (Å²) in [6.07, 6.45) is -0.0698. The van der Waals surface area contributed by atoms with Crippen molar-refractivity contribution in [1.82, 2.24) is 10.2 Å². The number of hydrogen-bond donors (Lipinski definition) is 2. The summed E-state index contributed by atoms with van der Waals surface area (Å²) in [5, 5.41) is 11.4. The molecule has 2 N–H and O–H groups in total. The van der Waals surface area contributed by atoms with Crippen molar-refractivity contribution in [3.8, 4) is 0 Å². The van der Waals surface area contributed by atoms with Gasteiger partial charge in [-0.05, 0) is 24.0 Å². The number of carbonyl (C=O) groups excluding carboxylic acids is 3. The Morgan fingerprint density at radius 2 is 1.60 bits per heavy atom. The second kappa shape index (κ2) is 7.46. The number of rotatable bonds is 7. The SMILES string of the molecule is CC(CNC(=O)C(C(C)C)N1C(=O)c2ccccc2C1=O)CC(=O)O. The van der Waals surface area contributed by atoms with E-state index in [0.29, 0.717) is 11.1 Å². The molecule has 1 heterocycles. The van der Waals surface area contributed by atoms with E-state index in [1.165, 1.54) is 0 Å². The van der Waals surface area contributed by atoms with Gasteiger partial charge in [-0.1, -0.05) is 32.9 Å². The summed E-state index contributed by atoms with van der Waals surface area (Å²) in [6, 6.07) is 5.54. The molecule has 1 aromatic rings. The monoisotopic (exact) mass is 346 g/mol. The number of fused-ring (bicyclic) bond motifs is 1. The molecule has 7 nitrogen and oxygen atoms in total. The first-order valence-electron chi connectivity index (χ1n) is 8.20. The Morgan fingerprint density at radius 3 is 2.04 bits per heavy atom. The highest BCUT2D eigenvalue weighted by atomic mass is 16.4. The smallest absolute Gasteiger partial charge is 0.303 e. The van der Waals surface area contributed by atoms with Gasteiger partial charge in [-0.25, -0.2) is 0 Å². The van der Waals surface area contributed by atoms with Crippen LogP contribution in [0.15, 0.2) is 24.3 Å². The summed E-state index contributed by atoms with van der Waals surface area (Å²) in [6.45, 7) is 5.39. The van der Waals surface area contributed by atoms with Crippen LogP contribution in [-0.4, -0.2) is 46.3 Å². The van der Waals surface area contributed by atoms with E-state index in [4.69, 9.17) is 5.11 Å². The standard InChI is InChI=1S/C18H22N2O5/c1-10(2)15(16(23)19-9-11(3)8-14(21)22)20-17(24)12-6-4-5-7-13(12)18(20)25/h4-7,10-11,15H,8-9H2,1-3H3,(H,19,23)(H,21,22). The van der Waals surface area contributed by atoms with E-state index < -0.39 is 29.7 Å². The highest BCUT2D eigenvalue weighted by Gasteiger charge is 2.43. The number of imide groups is 1. The van der Waals surface area contributed by atoms with Gasteiger partial charge in [0.05, 0.1) is 11.1 Å². The van der Waals surface area contributed by atoms with Crippen LogP contribution in [0.4, 0.5) is 0 Å². The van der Waals surface area contributed by atoms with E-state index in [1.807, 2.05) is 0 Å². The predicted molar refractivity (Wildman–Crippen MR) is 90.0 cm³/mol. The molecule has 0 spiro atoms. The van der Waals surface area contributed by atoms with Gasteiger partial charge in [0, 0.05) is 13.0 Å². The molecule has 0 saturated carbocycles. The van der Waals surface area contributed by atoms with Crippen LogP contribution in [-0.2, 0) is 9.59 Å². The molecule has 0 saturated heterocycles. The summed E-state index contributed by atoms with van der Waals surface area (Å²) in [5.74, 6) is -2.89.